The second kappa shape index (κ2) is 6.47. The van der Waals surface area contributed by atoms with Gasteiger partial charge in [-0.2, -0.15) is 0 Å². The maximum Gasteiger partial charge on any atom is 0.107 e. The van der Waals surface area contributed by atoms with Crippen molar-refractivity contribution in [2.45, 2.75) is 40.8 Å². The SMILES string of the molecule is CCNCc1nc(CN(C)CC(C)(C)C)cs1. The molecule has 0 radical (unpaired) electrons. The fourth-order valence-electron chi connectivity index (χ4n) is 1.88. The first-order valence-electron chi connectivity index (χ1n) is 6.23. The minimum Gasteiger partial charge on any atom is -0.311 e. The molecule has 0 bridgehead atoms. The smallest absolute Gasteiger partial charge is 0.107 e. The van der Waals surface area contributed by atoms with Gasteiger partial charge in [0.15, 0.2) is 0 Å². The van der Waals surface area contributed by atoms with Crippen molar-refractivity contribution in [3.8, 4) is 0 Å². The molecule has 0 atom stereocenters. The van der Waals surface area contributed by atoms with E-state index >= 15 is 0 Å². The highest BCUT2D eigenvalue weighted by atomic mass is 32.1. The molecule has 98 valence electrons. The van der Waals surface area contributed by atoms with Crippen molar-refractivity contribution >= 4 is 11.3 Å². The predicted octanol–water partition coefficient (Wildman–Crippen LogP) is 2.73. The van der Waals surface area contributed by atoms with Crippen molar-refractivity contribution in [2.24, 2.45) is 5.41 Å². The molecule has 0 aromatic carbocycles. The van der Waals surface area contributed by atoms with Crippen LogP contribution in [0.2, 0.25) is 0 Å². The van der Waals surface area contributed by atoms with Gasteiger partial charge in [-0.05, 0) is 19.0 Å². The van der Waals surface area contributed by atoms with Crippen LogP contribution in [0, 0.1) is 5.41 Å². The fourth-order valence-corrected chi connectivity index (χ4v) is 2.63. The summed E-state index contributed by atoms with van der Waals surface area (Å²) in [6.07, 6.45) is 0. The fraction of sp³-hybridized carbons (Fsp3) is 0.769. The summed E-state index contributed by atoms with van der Waals surface area (Å²) in [6.45, 7) is 12.8. The summed E-state index contributed by atoms with van der Waals surface area (Å²) < 4.78 is 0. The van der Waals surface area contributed by atoms with Gasteiger partial charge in [0.1, 0.15) is 5.01 Å². The van der Waals surface area contributed by atoms with Crippen LogP contribution in [0.1, 0.15) is 38.4 Å². The zero-order valence-electron chi connectivity index (χ0n) is 11.7. The lowest BCUT2D eigenvalue weighted by molar-refractivity contribution is 0.219. The number of rotatable bonds is 6. The van der Waals surface area contributed by atoms with E-state index in [4.69, 9.17) is 0 Å². The van der Waals surface area contributed by atoms with Crippen LogP contribution in [0.25, 0.3) is 0 Å². The quantitative estimate of drug-likeness (QED) is 0.847. The molecule has 0 aliphatic rings. The summed E-state index contributed by atoms with van der Waals surface area (Å²) in [7, 11) is 2.16. The highest BCUT2D eigenvalue weighted by molar-refractivity contribution is 7.09. The molecule has 0 fully saturated rings. The standard InChI is InChI=1S/C13H25N3S/c1-6-14-7-12-15-11(9-17-12)8-16(5)10-13(2,3)4/h9,14H,6-8,10H2,1-5H3. The third-order valence-corrected chi connectivity index (χ3v) is 3.20. The van der Waals surface area contributed by atoms with Crippen LogP contribution in [0.3, 0.4) is 0 Å². The molecule has 1 N–H and O–H groups in total. The molecular weight excluding hydrogens is 230 g/mol. The summed E-state index contributed by atoms with van der Waals surface area (Å²) >= 11 is 1.75. The molecule has 4 heteroatoms. The molecule has 1 aromatic rings. The second-order valence-electron chi connectivity index (χ2n) is 5.75. The Morgan fingerprint density at radius 3 is 2.71 bits per heavy atom. The highest BCUT2D eigenvalue weighted by Crippen LogP contribution is 2.17. The first-order chi connectivity index (χ1) is 7.90. The minimum absolute atomic E-state index is 0.345. The molecule has 0 aliphatic carbocycles. The first-order valence-corrected chi connectivity index (χ1v) is 7.11. The predicted molar refractivity (Wildman–Crippen MR) is 75.3 cm³/mol. The number of hydrogen-bond acceptors (Lipinski definition) is 4. The van der Waals surface area contributed by atoms with Crippen LogP contribution in [-0.2, 0) is 13.1 Å². The Balaban J connectivity index is 2.43. The third-order valence-electron chi connectivity index (χ3n) is 2.30. The lowest BCUT2D eigenvalue weighted by Gasteiger charge is -2.25. The normalized spacial score (nSPS) is 12.4. The number of nitrogens with one attached hydrogen (secondary N) is 1. The van der Waals surface area contributed by atoms with E-state index in [9.17, 15) is 0 Å². The van der Waals surface area contributed by atoms with Crippen molar-refractivity contribution in [2.75, 3.05) is 20.1 Å². The summed E-state index contributed by atoms with van der Waals surface area (Å²) in [4.78, 5) is 6.97. The lowest BCUT2D eigenvalue weighted by Crippen LogP contribution is -2.29. The van der Waals surface area contributed by atoms with E-state index in [-0.39, 0.29) is 0 Å². The lowest BCUT2D eigenvalue weighted by atomic mass is 9.96. The molecule has 1 aromatic heterocycles. The Morgan fingerprint density at radius 1 is 1.41 bits per heavy atom. The largest absolute Gasteiger partial charge is 0.311 e. The minimum atomic E-state index is 0.345. The highest BCUT2D eigenvalue weighted by Gasteiger charge is 2.14. The van der Waals surface area contributed by atoms with Crippen molar-refractivity contribution in [1.29, 1.82) is 0 Å². The van der Waals surface area contributed by atoms with Gasteiger partial charge in [-0.25, -0.2) is 4.98 Å². The summed E-state index contributed by atoms with van der Waals surface area (Å²) in [5.74, 6) is 0. The monoisotopic (exact) mass is 255 g/mol. The van der Waals surface area contributed by atoms with Gasteiger partial charge >= 0.3 is 0 Å². The second-order valence-corrected chi connectivity index (χ2v) is 6.69. The zero-order valence-corrected chi connectivity index (χ0v) is 12.5. The van der Waals surface area contributed by atoms with E-state index < -0.39 is 0 Å². The van der Waals surface area contributed by atoms with Crippen LogP contribution in [-0.4, -0.2) is 30.0 Å². The van der Waals surface area contributed by atoms with Gasteiger partial charge in [-0.1, -0.05) is 27.7 Å². The van der Waals surface area contributed by atoms with E-state index in [0.717, 1.165) is 26.2 Å². The van der Waals surface area contributed by atoms with Gasteiger partial charge in [0.25, 0.3) is 0 Å². The van der Waals surface area contributed by atoms with Gasteiger partial charge in [-0.15, -0.1) is 11.3 Å². The van der Waals surface area contributed by atoms with E-state index in [1.807, 2.05) is 0 Å². The van der Waals surface area contributed by atoms with E-state index in [1.165, 1.54) is 10.7 Å². The molecule has 1 heterocycles. The molecule has 0 aliphatic heterocycles. The van der Waals surface area contributed by atoms with Gasteiger partial charge in [0.05, 0.1) is 5.69 Å². The van der Waals surface area contributed by atoms with Crippen LogP contribution in [0.4, 0.5) is 0 Å². The molecule has 17 heavy (non-hydrogen) atoms. The maximum atomic E-state index is 4.63. The topological polar surface area (TPSA) is 28.2 Å². The molecule has 1 rings (SSSR count). The van der Waals surface area contributed by atoms with Crippen molar-refractivity contribution in [3.05, 3.63) is 16.1 Å². The number of nitrogens with zero attached hydrogens (tertiary/aromatic N) is 2. The van der Waals surface area contributed by atoms with Crippen LogP contribution >= 0.6 is 11.3 Å². The number of aromatic nitrogens is 1. The Labute approximate surface area is 109 Å². The zero-order chi connectivity index (χ0) is 12.9. The maximum absolute atomic E-state index is 4.63. The molecule has 0 saturated heterocycles. The van der Waals surface area contributed by atoms with Gasteiger partial charge < -0.3 is 5.32 Å². The third kappa shape index (κ3) is 6.15. The average Bonchev–Trinajstić information content (AvgIpc) is 2.59. The van der Waals surface area contributed by atoms with Gasteiger partial charge in [-0.3, -0.25) is 4.90 Å². The Bertz CT molecular complexity index is 328. The number of hydrogen-bond donors (Lipinski definition) is 1. The Kier molecular flexibility index (Phi) is 5.56. The van der Waals surface area contributed by atoms with Crippen LogP contribution in [0.15, 0.2) is 5.38 Å². The molecule has 0 amide bonds. The Hall–Kier alpha value is -0.450. The molecule has 0 spiro atoms. The van der Waals surface area contributed by atoms with Crippen molar-refractivity contribution < 1.29 is 0 Å². The van der Waals surface area contributed by atoms with Gasteiger partial charge in [0, 0.05) is 25.0 Å². The van der Waals surface area contributed by atoms with Crippen LogP contribution in [0.5, 0.6) is 0 Å². The Morgan fingerprint density at radius 2 is 2.12 bits per heavy atom. The average molecular weight is 255 g/mol. The molecule has 0 saturated carbocycles. The van der Waals surface area contributed by atoms with Crippen molar-refractivity contribution in [3.63, 3.8) is 0 Å². The molecule has 3 nitrogen and oxygen atoms in total. The summed E-state index contributed by atoms with van der Waals surface area (Å²) in [5, 5.41) is 6.66. The van der Waals surface area contributed by atoms with Gasteiger partial charge in [0.2, 0.25) is 0 Å². The summed E-state index contributed by atoms with van der Waals surface area (Å²) in [6, 6.07) is 0. The van der Waals surface area contributed by atoms with Crippen molar-refractivity contribution in [1.82, 2.24) is 15.2 Å². The molecule has 0 unspecified atom stereocenters. The summed E-state index contributed by atoms with van der Waals surface area (Å²) in [5.41, 5.74) is 1.53. The van der Waals surface area contributed by atoms with E-state index in [1.54, 1.807) is 11.3 Å². The van der Waals surface area contributed by atoms with E-state index in [0.29, 0.717) is 5.41 Å². The number of thiazole rings is 1. The van der Waals surface area contributed by atoms with E-state index in [2.05, 4.69) is 55.3 Å². The van der Waals surface area contributed by atoms with Crippen LogP contribution < -0.4 is 5.32 Å². The first kappa shape index (κ1) is 14.6. The molecular formula is C13H25N3S.